The second-order valence-electron chi connectivity index (χ2n) is 5.92. The van der Waals surface area contributed by atoms with Gasteiger partial charge in [-0.05, 0) is 35.7 Å². The van der Waals surface area contributed by atoms with Gasteiger partial charge in [0.05, 0.1) is 11.8 Å². The monoisotopic (exact) mass is 271 g/mol. The van der Waals surface area contributed by atoms with Crippen LogP contribution in [0.5, 0.6) is 0 Å². The van der Waals surface area contributed by atoms with Gasteiger partial charge in [0.25, 0.3) is 0 Å². The minimum absolute atomic E-state index is 0.0781. The highest BCUT2D eigenvalue weighted by Gasteiger charge is 2.65. The lowest BCUT2D eigenvalue weighted by Gasteiger charge is -2.21. The van der Waals surface area contributed by atoms with E-state index in [9.17, 15) is 9.59 Å². The number of hydrogen-bond donors (Lipinski definition) is 2. The minimum Gasteiger partial charge on any atom is -0.481 e. The number of carboxylic acids is 1. The smallest absolute Gasteiger partial charge is 0.307 e. The van der Waals surface area contributed by atoms with Crippen LogP contribution in [0.3, 0.4) is 0 Å². The predicted molar refractivity (Wildman–Crippen MR) is 71.5 cm³/mol. The van der Waals surface area contributed by atoms with Crippen LogP contribution in [-0.2, 0) is 9.59 Å². The van der Waals surface area contributed by atoms with Crippen LogP contribution in [-0.4, -0.2) is 35.0 Å². The van der Waals surface area contributed by atoms with Crippen molar-refractivity contribution in [2.45, 2.75) is 26.7 Å². The molecule has 0 radical (unpaired) electrons. The first kappa shape index (κ1) is 13.7. The maximum atomic E-state index is 12.0. The zero-order valence-electron chi connectivity index (χ0n) is 10.9. The van der Waals surface area contributed by atoms with Crippen LogP contribution >= 0.6 is 11.8 Å². The standard InChI is InChI=1S/C13H21NO3S/c1-13(2)9(10(13)12(16)17)11(15)14-7-8-3-5-18-6-4-8/h8-10H,3-7H2,1-2H3,(H,14,15)(H,16,17)/t9-,10+/m1/s1. The van der Waals surface area contributed by atoms with Gasteiger partial charge in [0.2, 0.25) is 5.91 Å². The molecule has 1 saturated carbocycles. The highest BCUT2D eigenvalue weighted by molar-refractivity contribution is 7.99. The van der Waals surface area contributed by atoms with E-state index in [1.54, 1.807) is 0 Å². The van der Waals surface area contributed by atoms with Gasteiger partial charge in [0.1, 0.15) is 0 Å². The third-order valence-electron chi connectivity index (χ3n) is 4.28. The lowest BCUT2D eigenvalue weighted by molar-refractivity contribution is -0.140. The Morgan fingerprint density at radius 1 is 1.28 bits per heavy atom. The van der Waals surface area contributed by atoms with Gasteiger partial charge in [-0.3, -0.25) is 9.59 Å². The van der Waals surface area contributed by atoms with Gasteiger partial charge in [-0.25, -0.2) is 0 Å². The summed E-state index contributed by atoms with van der Waals surface area (Å²) < 4.78 is 0. The molecule has 0 spiro atoms. The van der Waals surface area contributed by atoms with E-state index in [-0.39, 0.29) is 11.8 Å². The molecule has 4 nitrogen and oxygen atoms in total. The Balaban J connectivity index is 1.80. The van der Waals surface area contributed by atoms with Crippen molar-refractivity contribution in [3.63, 3.8) is 0 Å². The molecule has 1 saturated heterocycles. The zero-order valence-corrected chi connectivity index (χ0v) is 11.8. The number of carbonyl (C=O) groups excluding carboxylic acids is 1. The lowest BCUT2D eigenvalue weighted by atomic mass is 10.0. The first-order chi connectivity index (χ1) is 8.44. The quantitative estimate of drug-likeness (QED) is 0.815. The molecule has 0 aromatic carbocycles. The van der Waals surface area contributed by atoms with Gasteiger partial charge in [-0.2, -0.15) is 11.8 Å². The van der Waals surface area contributed by atoms with E-state index in [4.69, 9.17) is 5.11 Å². The Kier molecular flexibility index (Phi) is 3.90. The normalized spacial score (nSPS) is 30.8. The summed E-state index contributed by atoms with van der Waals surface area (Å²) in [6.07, 6.45) is 2.31. The van der Waals surface area contributed by atoms with Crippen molar-refractivity contribution >= 4 is 23.6 Å². The number of nitrogens with one attached hydrogen (secondary N) is 1. The van der Waals surface area contributed by atoms with E-state index in [1.165, 1.54) is 11.5 Å². The number of rotatable bonds is 4. The van der Waals surface area contributed by atoms with Crippen LogP contribution in [0.2, 0.25) is 0 Å². The van der Waals surface area contributed by atoms with Crippen molar-refractivity contribution in [3.05, 3.63) is 0 Å². The summed E-state index contributed by atoms with van der Waals surface area (Å²) >= 11 is 1.97. The summed E-state index contributed by atoms with van der Waals surface area (Å²) in [4.78, 5) is 23.0. The Bertz CT molecular complexity index is 350. The molecule has 0 unspecified atom stereocenters. The number of carbonyl (C=O) groups is 2. The van der Waals surface area contributed by atoms with Crippen LogP contribution in [0.1, 0.15) is 26.7 Å². The Labute approximate surface area is 112 Å². The average Bonchev–Trinajstić information content (AvgIpc) is 2.91. The van der Waals surface area contributed by atoms with E-state index in [0.29, 0.717) is 12.5 Å². The SMILES string of the molecule is CC1(C)[C@H](C(=O)O)[C@@H]1C(=O)NCC1CCSCC1. The molecule has 0 aromatic heterocycles. The molecule has 2 rings (SSSR count). The summed E-state index contributed by atoms with van der Waals surface area (Å²) in [6, 6.07) is 0. The van der Waals surface area contributed by atoms with Gasteiger partial charge >= 0.3 is 5.97 Å². The van der Waals surface area contributed by atoms with Gasteiger partial charge in [0.15, 0.2) is 0 Å². The van der Waals surface area contributed by atoms with E-state index in [2.05, 4.69) is 5.32 Å². The fraction of sp³-hybridized carbons (Fsp3) is 0.846. The van der Waals surface area contributed by atoms with Crippen LogP contribution in [0, 0.1) is 23.2 Å². The van der Waals surface area contributed by atoms with Gasteiger partial charge < -0.3 is 10.4 Å². The van der Waals surface area contributed by atoms with E-state index in [1.807, 2.05) is 25.6 Å². The Hall–Kier alpha value is -0.710. The van der Waals surface area contributed by atoms with Crippen molar-refractivity contribution in [3.8, 4) is 0 Å². The third kappa shape index (κ3) is 2.66. The topological polar surface area (TPSA) is 66.4 Å². The number of hydrogen-bond acceptors (Lipinski definition) is 3. The first-order valence-corrected chi connectivity index (χ1v) is 7.68. The van der Waals surface area contributed by atoms with Crippen molar-refractivity contribution in [1.29, 1.82) is 0 Å². The van der Waals surface area contributed by atoms with Gasteiger partial charge in [-0.15, -0.1) is 0 Å². The molecule has 18 heavy (non-hydrogen) atoms. The zero-order chi connectivity index (χ0) is 13.3. The summed E-state index contributed by atoms with van der Waals surface area (Å²) in [5, 5.41) is 12.0. The van der Waals surface area contributed by atoms with Crippen LogP contribution in [0.15, 0.2) is 0 Å². The fourth-order valence-electron chi connectivity index (χ4n) is 2.89. The van der Waals surface area contributed by atoms with Gasteiger partial charge in [0, 0.05) is 6.54 Å². The van der Waals surface area contributed by atoms with Crippen molar-refractivity contribution in [2.75, 3.05) is 18.1 Å². The maximum absolute atomic E-state index is 12.0. The van der Waals surface area contributed by atoms with Crippen molar-refractivity contribution in [1.82, 2.24) is 5.32 Å². The maximum Gasteiger partial charge on any atom is 0.307 e. The molecule has 0 aromatic rings. The van der Waals surface area contributed by atoms with Crippen molar-refractivity contribution in [2.24, 2.45) is 23.2 Å². The molecule has 1 amide bonds. The second kappa shape index (κ2) is 5.11. The molecule has 2 fully saturated rings. The van der Waals surface area contributed by atoms with E-state index >= 15 is 0 Å². The van der Waals surface area contributed by atoms with Crippen LogP contribution < -0.4 is 5.32 Å². The highest BCUT2D eigenvalue weighted by atomic mass is 32.2. The number of thioether (sulfide) groups is 1. The molecule has 2 aliphatic rings. The number of aliphatic carboxylic acids is 1. The summed E-state index contributed by atoms with van der Waals surface area (Å²) in [5.41, 5.74) is -0.391. The molecule has 1 heterocycles. The Morgan fingerprint density at radius 3 is 2.39 bits per heavy atom. The second-order valence-corrected chi connectivity index (χ2v) is 7.14. The summed E-state index contributed by atoms with van der Waals surface area (Å²) in [5.74, 6) is 1.12. The number of amides is 1. The minimum atomic E-state index is -0.853. The summed E-state index contributed by atoms with van der Waals surface area (Å²) in [7, 11) is 0. The van der Waals surface area contributed by atoms with E-state index < -0.39 is 17.3 Å². The van der Waals surface area contributed by atoms with Gasteiger partial charge in [-0.1, -0.05) is 13.8 Å². The number of carboxylic acid groups (broad SMARTS) is 1. The first-order valence-electron chi connectivity index (χ1n) is 6.53. The molecular formula is C13H21NO3S. The van der Waals surface area contributed by atoms with Crippen molar-refractivity contribution < 1.29 is 14.7 Å². The van der Waals surface area contributed by atoms with E-state index in [0.717, 1.165) is 12.8 Å². The fourth-order valence-corrected chi connectivity index (χ4v) is 4.10. The average molecular weight is 271 g/mol. The molecule has 1 aliphatic heterocycles. The molecule has 5 heteroatoms. The lowest BCUT2D eigenvalue weighted by Crippen LogP contribution is -2.33. The van der Waals surface area contributed by atoms with Crippen LogP contribution in [0.25, 0.3) is 0 Å². The molecule has 2 atom stereocenters. The molecular weight excluding hydrogens is 250 g/mol. The molecule has 1 aliphatic carbocycles. The molecule has 102 valence electrons. The molecule has 2 N–H and O–H groups in total. The molecule has 0 bridgehead atoms. The predicted octanol–water partition coefficient (Wildman–Crippen LogP) is 1.60. The highest BCUT2D eigenvalue weighted by Crippen LogP contribution is 2.58. The van der Waals surface area contributed by atoms with Crippen LogP contribution in [0.4, 0.5) is 0 Å². The summed E-state index contributed by atoms with van der Waals surface area (Å²) in [6.45, 7) is 4.42. The Morgan fingerprint density at radius 2 is 1.89 bits per heavy atom. The largest absolute Gasteiger partial charge is 0.481 e. The third-order valence-corrected chi connectivity index (χ3v) is 5.33.